The van der Waals surface area contributed by atoms with Crippen LogP contribution in [0.25, 0.3) is 0 Å². The van der Waals surface area contributed by atoms with Crippen LogP contribution in [0.5, 0.6) is 0 Å². The van der Waals surface area contributed by atoms with Gasteiger partial charge in [0.15, 0.2) is 0 Å². The summed E-state index contributed by atoms with van der Waals surface area (Å²) in [7, 11) is 0. The van der Waals surface area contributed by atoms with Crippen LogP contribution in [0.1, 0.15) is 37.4 Å². The first-order chi connectivity index (χ1) is 12.8. The van der Waals surface area contributed by atoms with E-state index in [1.165, 1.54) is 5.56 Å². The van der Waals surface area contributed by atoms with Gasteiger partial charge in [0.05, 0.1) is 12.2 Å². The molecular formula is C21H28N4O. The summed E-state index contributed by atoms with van der Waals surface area (Å²) >= 11 is 0. The molecule has 2 unspecified atom stereocenters. The highest BCUT2D eigenvalue weighted by atomic mass is 16.2. The summed E-state index contributed by atoms with van der Waals surface area (Å²) in [6.45, 7) is 3.41. The van der Waals surface area contributed by atoms with E-state index in [9.17, 15) is 4.79 Å². The summed E-state index contributed by atoms with van der Waals surface area (Å²) in [4.78, 5) is 19.4. The fourth-order valence-corrected chi connectivity index (χ4v) is 3.41. The summed E-state index contributed by atoms with van der Waals surface area (Å²) in [6, 6.07) is 16.4. The fraction of sp³-hybridized carbons (Fsp3) is 0.429. The fourth-order valence-electron chi connectivity index (χ4n) is 3.41. The largest absolute Gasteiger partial charge is 0.335 e. The number of nitrogens with zero attached hydrogens (tertiary/aromatic N) is 2. The molecule has 0 spiro atoms. The highest BCUT2D eigenvalue weighted by molar-refractivity contribution is 5.82. The third kappa shape index (κ3) is 5.13. The van der Waals surface area contributed by atoms with E-state index in [2.05, 4.69) is 34.9 Å². The molecule has 5 nitrogen and oxygen atoms in total. The summed E-state index contributed by atoms with van der Waals surface area (Å²) in [6.07, 6.45) is 5.67. The van der Waals surface area contributed by atoms with Gasteiger partial charge in [-0.2, -0.15) is 0 Å². The molecule has 1 aliphatic heterocycles. The Labute approximate surface area is 155 Å². The lowest BCUT2D eigenvalue weighted by Gasteiger charge is -2.25. The number of carbonyl (C=O) groups is 1. The normalized spacial score (nSPS) is 19.4. The molecule has 2 heterocycles. The molecular weight excluding hydrogens is 324 g/mol. The molecule has 26 heavy (non-hydrogen) atoms. The third-order valence-electron chi connectivity index (χ3n) is 4.82. The molecule has 1 aromatic carbocycles. The molecule has 1 aliphatic rings. The smallest absolute Gasteiger partial charge is 0.241 e. The minimum Gasteiger partial charge on any atom is -0.335 e. The van der Waals surface area contributed by atoms with E-state index in [4.69, 9.17) is 0 Å². The standard InChI is InChI=1S/C21H28N4O/c1-2-8-18-15-20(24-23-18)21(26)25(16-19-11-6-7-13-22-19)14-12-17-9-4-3-5-10-17/h3-7,9-11,13,18,20,23-24H,2,8,12,14-16H2,1H3. The van der Waals surface area contributed by atoms with E-state index >= 15 is 0 Å². The Kier molecular flexibility index (Phi) is 6.75. The van der Waals surface area contributed by atoms with Crippen molar-refractivity contribution in [1.29, 1.82) is 0 Å². The molecule has 138 valence electrons. The SMILES string of the molecule is CCCC1CC(C(=O)N(CCc2ccccc2)Cc2ccccn2)NN1. The van der Waals surface area contributed by atoms with Gasteiger partial charge in [0.1, 0.15) is 6.04 Å². The van der Waals surface area contributed by atoms with Crippen molar-refractivity contribution in [3.8, 4) is 0 Å². The minimum absolute atomic E-state index is 0.151. The maximum absolute atomic E-state index is 13.1. The molecule has 1 saturated heterocycles. The predicted octanol–water partition coefficient (Wildman–Crippen LogP) is 2.69. The maximum atomic E-state index is 13.1. The van der Waals surface area contributed by atoms with Gasteiger partial charge in [0.25, 0.3) is 0 Å². The van der Waals surface area contributed by atoms with Crippen molar-refractivity contribution in [2.75, 3.05) is 6.54 Å². The Balaban J connectivity index is 1.66. The lowest BCUT2D eigenvalue weighted by atomic mass is 10.0. The zero-order chi connectivity index (χ0) is 18.2. The number of hydrogen-bond acceptors (Lipinski definition) is 4. The van der Waals surface area contributed by atoms with Gasteiger partial charge in [-0.05, 0) is 37.0 Å². The zero-order valence-corrected chi connectivity index (χ0v) is 15.4. The number of hydrogen-bond donors (Lipinski definition) is 2. The van der Waals surface area contributed by atoms with Gasteiger partial charge in [-0.15, -0.1) is 0 Å². The van der Waals surface area contributed by atoms with Gasteiger partial charge in [0, 0.05) is 18.8 Å². The lowest BCUT2D eigenvalue weighted by Crippen LogP contribution is -2.46. The first-order valence-electron chi connectivity index (χ1n) is 9.50. The Hall–Kier alpha value is -2.24. The van der Waals surface area contributed by atoms with Crippen LogP contribution in [0, 0.1) is 0 Å². The number of rotatable bonds is 8. The Morgan fingerprint density at radius 2 is 1.96 bits per heavy atom. The molecule has 0 aliphatic carbocycles. The van der Waals surface area contributed by atoms with E-state index in [1.54, 1.807) is 6.20 Å². The molecule has 1 amide bonds. The molecule has 5 heteroatoms. The van der Waals surface area contributed by atoms with Crippen LogP contribution in [0.2, 0.25) is 0 Å². The van der Waals surface area contributed by atoms with Crippen LogP contribution in [-0.4, -0.2) is 34.4 Å². The molecule has 1 aromatic heterocycles. The van der Waals surface area contributed by atoms with Crippen molar-refractivity contribution in [2.24, 2.45) is 0 Å². The number of pyridine rings is 1. The quantitative estimate of drug-likeness (QED) is 0.767. The van der Waals surface area contributed by atoms with Gasteiger partial charge in [0.2, 0.25) is 5.91 Å². The van der Waals surface area contributed by atoms with Crippen LogP contribution >= 0.6 is 0 Å². The second-order valence-corrected chi connectivity index (χ2v) is 6.88. The topological polar surface area (TPSA) is 57.3 Å². The van der Waals surface area contributed by atoms with E-state index in [0.29, 0.717) is 19.1 Å². The van der Waals surface area contributed by atoms with Crippen LogP contribution in [0.15, 0.2) is 54.7 Å². The maximum Gasteiger partial charge on any atom is 0.241 e. The number of benzene rings is 1. The Morgan fingerprint density at radius 1 is 1.15 bits per heavy atom. The average molecular weight is 352 g/mol. The highest BCUT2D eigenvalue weighted by Crippen LogP contribution is 2.15. The zero-order valence-electron chi connectivity index (χ0n) is 15.4. The summed E-state index contributed by atoms with van der Waals surface area (Å²) in [5.41, 5.74) is 8.63. The summed E-state index contributed by atoms with van der Waals surface area (Å²) in [5.74, 6) is 0.151. The molecule has 3 rings (SSSR count). The molecule has 1 fully saturated rings. The molecule has 0 bridgehead atoms. The first kappa shape index (κ1) is 18.5. The summed E-state index contributed by atoms with van der Waals surface area (Å²) < 4.78 is 0. The van der Waals surface area contributed by atoms with Crippen molar-refractivity contribution in [2.45, 2.75) is 51.2 Å². The van der Waals surface area contributed by atoms with E-state index in [0.717, 1.165) is 31.4 Å². The number of carbonyl (C=O) groups excluding carboxylic acids is 1. The van der Waals surface area contributed by atoms with Crippen molar-refractivity contribution < 1.29 is 4.79 Å². The van der Waals surface area contributed by atoms with Gasteiger partial charge in [-0.25, -0.2) is 5.43 Å². The molecule has 0 saturated carbocycles. The lowest BCUT2D eigenvalue weighted by molar-refractivity contribution is -0.133. The second kappa shape index (κ2) is 9.46. The van der Waals surface area contributed by atoms with Crippen molar-refractivity contribution >= 4 is 5.91 Å². The monoisotopic (exact) mass is 352 g/mol. The Morgan fingerprint density at radius 3 is 2.69 bits per heavy atom. The highest BCUT2D eigenvalue weighted by Gasteiger charge is 2.31. The minimum atomic E-state index is -0.161. The van der Waals surface area contributed by atoms with Crippen LogP contribution in [0.3, 0.4) is 0 Å². The van der Waals surface area contributed by atoms with Gasteiger partial charge in [-0.3, -0.25) is 15.2 Å². The van der Waals surface area contributed by atoms with E-state index in [-0.39, 0.29) is 11.9 Å². The molecule has 2 aromatic rings. The van der Waals surface area contributed by atoms with Crippen molar-refractivity contribution in [3.63, 3.8) is 0 Å². The van der Waals surface area contributed by atoms with E-state index in [1.807, 2.05) is 41.3 Å². The second-order valence-electron chi connectivity index (χ2n) is 6.88. The molecule has 0 radical (unpaired) electrons. The van der Waals surface area contributed by atoms with Gasteiger partial charge < -0.3 is 4.90 Å². The van der Waals surface area contributed by atoms with Crippen LogP contribution < -0.4 is 10.9 Å². The number of aromatic nitrogens is 1. The third-order valence-corrected chi connectivity index (χ3v) is 4.82. The van der Waals surface area contributed by atoms with Crippen LogP contribution in [0.4, 0.5) is 0 Å². The summed E-state index contributed by atoms with van der Waals surface area (Å²) in [5, 5.41) is 0. The number of nitrogens with one attached hydrogen (secondary N) is 2. The number of hydrazine groups is 1. The molecule has 2 N–H and O–H groups in total. The Bertz CT molecular complexity index is 677. The predicted molar refractivity (Wildman–Crippen MR) is 103 cm³/mol. The van der Waals surface area contributed by atoms with Crippen molar-refractivity contribution in [3.05, 3.63) is 66.0 Å². The first-order valence-corrected chi connectivity index (χ1v) is 9.50. The van der Waals surface area contributed by atoms with Gasteiger partial charge in [-0.1, -0.05) is 49.7 Å². The number of amides is 1. The van der Waals surface area contributed by atoms with Crippen molar-refractivity contribution in [1.82, 2.24) is 20.7 Å². The van der Waals surface area contributed by atoms with E-state index < -0.39 is 0 Å². The van der Waals surface area contributed by atoms with Gasteiger partial charge >= 0.3 is 0 Å². The molecule has 2 atom stereocenters. The average Bonchev–Trinajstić information content (AvgIpc) is 3.15. The van der Waals surface area contributed by atoms with Crippen LogP contribution in [-0.2, 0) is 17.8 Å².